The van der Waals surface area contributed by atoms with Gasteiger partial charge in [0.2, 0.25) is 5.88 Å². The summed E-state index contributed by atoms with van der Waals surface area (Å²) < 4.78 is 23.0. The number of nitrogens with two attached hydrogens (primary N) is 1. The van der Waals surface area contributed by atoms with Gasteiger partial charge in [0, 0.05) is 18.2 Å². The number of rotatable bonds is 8. The maximum Gasteiger partial charge on any atom is 0.282 e. The van der Waals surface area contributed by atoms with E-state index in [2.05, 4.69) is 9.97 Å². The van der Waals surface area contributed by atoms with E-state index in [0.717, 1.165) is 0 Å². The first kappa shape index (κ1) is 23.8. The molecule has 1 atom stereocenters. The lowest BCUT2D eigenvalue weighted by atomic mass is 10.0. The largest absolute Gasteiger partial charge is 0.436 e. The lowest BCUT2D eigenvalue weighted by molar-refractivity contribution is 0.0990. The van der Waals surface area contributed by atoms with E-state index in [1.165, 1.54) is 29.2 Å². The van der Waals surface area contributed by atoms with Gasteiger partial charge in [-0.1, -0.05) is 24.3 Å². The number of Topliss-reactive ketones (excluding diaryl/α,β-unsaturated/α-hetero) is 1. The standard InChI is InChI=1S/C25H24FN5O4/c1-15(32)13-30-16(2)24(25(34)31(30)18-6-4-3-5-7-18)20(33)11-17-8-9-21(19(26)10-17)35-23-12-22(27)28-14-29-23/h3-10,12,14-15,32H,11,13H2,1-2H3,(H2,27,28,29)/t15-/m1/s1. The molecule has 0 aliphatic rings. The summed E-state index contributed by atoms with van der Waals surface area (Å²) in [5, 5.41) is 9.96. The molecule has 180 valence electrons. The number of aliphatic hydroxyl groups is 1. The predicted octanol–water partition coefficient (Wildman–Crippen LogP) is 3.06. The van der Waals surface area contributed by atoms with Crippen LogP contribution in [0.15, 0.2) is 65.7 Å². The maximum atomic E-state index is 14.7. The minimum Gasteiger partial charge on any atom is -0.436 e. The van der Waals surface area contributed by atoms with E-state index in [-0.39, 0.29) is 36.0 Å². The van der Waals surface area contributed by atoms with E-state index in [4.69, 9.17) is 10.5 Å². The normalized spacial score (nSPS) is 11.9. The minimum atomic E-state index is -0.745. The average molecular weight is 477 g/mol. The molecule has 35 heavy (non-hydrogen) atoms. The van der Waals surface area contributed by atoms with Gasteiger partial charge in [-0.05, 0) is 43.7 Å². The number of benzene rings is 2. The van der Waals surface area contributed by atoms with Crippen molar-refractivity contribution in [3.05, 3.63) is 93.9 Å². The number of hydrogen-bond donors (Lipinski definition) is 2. The van der Waals surface area contributed by atoms with Crippen molar-refractivity contribution in [1.29, 1.82) is 0 Å². The van der Waals surface area contributed by atoms with E-state index < -0.39 is 23.3 Å². The molecule has 4 rings (SSSR count). The molecule has 0 bridgehead atoms. The molecular formula is C25H24FN5O4. The molecule has 0 amide bonds. The van der Waals surface area contributed by atoms with E-state index in [0.29, 0.717) is 16.9 Å². The number of nitrogens with zero attached hydrogens (tertiary/aromatic N) is 4. The zero-order valence-electron chi connectivity index (χ0n) is 19.2. The number of ketones is 1. The van der Waals surface area contributed by atoms with E-state index in [1.807, 2.05) is 6.07 Å². The van der Waals surface area contributed by atoms with E-state index in [9.17, 15) is 19.1 Å². The van der Waals surface area contributed by atoms with Gasteiger partial charge in [0.1, 0.15) is 17.7 Å². The summed E-state index contributed by atoms with van der Waals surface area (Å²) in [5.41, 5.74) is 6.43. The molecule has 9 nitrogen and oxygen atoms in total. The fourth-order valence-electron chi connectivity index (χ4n) is 3.80. The van der Waals surface area contributed by atoms with Crippen LogP contribution in [0.1, 0.15) is 28.5 Å². The van der Waals surface area contributed by atoms with Gasteiger partial charge in [-0.2, -0.15) is 0 Å². The van der Waals surface area contributed by atoms with Crippen molar-refractivity contribution in [3.8, 4) is 17.3 Å². The highest BCUT2D eigenvalue weighted by Gasteiger charge is 2.24. The number of ether oxygens (including phenoxy) is 1. The highest BCUT2D eigenvalue weighted by Crippen LogP contribution is 2.25. The molecule has 10 heteroatoms. The number of hydrogen-bond acceptors (Lipinski definition) is 7. The van der Waals surface area contributed by atoms with Crippen molar-refractivity contribution in [2.75, 3.05) is 5.73 Å². The first-order valence-electron chi connectivity index (χ1n) is 10.9. The molecule has 0 radical (unpaired) electrons. The van der Waals surface area contributed by atoms with Crippen molar-refractivity contribution in [2.45, 2.75) is 32.9 Å². The molecule has 3 N–H and O–H groups in total. The fourth-order valence-corrected chi connectivity index (χ4v) is 3.80. The Bertz CT molecular complexity index is 1430. The lowest BCUT2D eigenvalue weighted by Crippen LogP contribution is -2.26. The molecule has 0 saturated carbocycles. The summed E-state index contributed by atoms with van der Waals surface area (Å²) in [6, 6.07) is 14.3. The van der Waals surface area contributed by atoms with Gasteiger partial charge in [-0.3, -0.25) is 14.3 Å². The van der Waals surface area contributed by atoms with Crippen LogP contribution in [0.5, 0.6) is 11.6 Å². The maximum absolute atomic E-state index is 14.7. The van der Waals surface area contributed by atoms with Crippen LogP contribution in [0.4, 0.5) is 10.2 Å². The second kappa shape index (κ2) is 9.90. The zero-order valence-corrected chi connectivity index (χ0v) is 19.2. The number of carbonyl (C=O) groups is 1. The van der Waals surface area contributed by atoms with Crippen molar-refractivity contribution >= 4 is 11.6 Å². The molecule has 0 aliphatic carbocycles. The Kier molecular flexibility index (Phi) is 6.74. The number of para-hydroxylation sites is 1. The summed E-state index contributed by atoms with van der Waals surface area (Å²) >= 11 is 0. The van der Waals surface area contributed by atoms with Gasteiger partial charge in [-0.25, -0.2) is 19.0 Å². The first-order valence-corrected chi connectivity index (χ1v) is 10.9. The minimum absolute atomic E-state index is 0.00769. The summed E-state index contributed by atoms with van der Waals surface area (Å²) in [6.07, 6.45) is 0.260. The van der Waals surface area contributed by atoms with Gasteiger partial charge in [0.15, 0.2) is 17.3 Å². The molecule has 0 aliphatic heterocycles. The van der Waals surface area contributed by atoms with Crippen molar-refractivity contribution in [1.82, 2.24) is 19.3 Å². The molecule has 0 spiro atoms. The predicted molar refractivity (Wildman–Crippen MR) is 127 cm³/mol. The number of aliphatic hydroxyl groups excluding tert-OH is 1. The Balaban J connectivity index is 1.63. The van der Waals surface area contributed by atoms with Crippen LogP contribution in [-0.4, -0.2) is 36.3 Å². The third kappa shape index (κ3) is 5.12. The van der Waals surface area contributed by atoms with Crippen LogP contribution in [0, 0.1) is 12.7 Å². The molecular weight excluding hydrogens is 453 g/mol. The number of halogens is 1. The summed E-state index contributed by atoms with van der Waals surface area (Å²) in [6.45, 7) is 3.38. The van der Waals surface area contributed by atoms with E-state index >= 15 is 0 Å². The van der Waals surface area contributed by atoms with E-state index in [1.54, 1.807) is 48.9 Å². The van der Waals surface area contributed by atoms with Crippen LogP contribution >= 0.6 is 0 Å². The Morgan fingerprint density at radius 3 is 2.57 bits per heavy atom. The Labute approximate surface area is 200 Å². The summed E-state index contributed by atoms with van der Waals surface area (Å²) in [7, 11) is 0. The quantitative estimate of drug-likeness (QED) is 0.374. The molecule has 2 aromatic heterocycles. The number of carbonyl (C=O) groups excluding carboxylic acids is 1. The molecule has 0 saturated heterocycles. The van der Waals surface area contributed by atoms with Crippen LogP contribution in [-0.2, 0) is 13.0 Å². The SMILES string of the molecule is Cc1c(C(=O)Cc2ccc(Oc3cc(N)ncn3)c(F)c2)c(=O)n(-c2ccccc2)n1C[C@@H](C)O. The smallest absolute Gasteiger partial charge is 0.282 e. The van der Waals surface area contributed by atoms with Crippen LogP contribution in [0.25, 0.3) is 5.69 Å². The Hall–Kier alpha value is -4.31. The van der Waals surface area contributed by atoms with Crippen molar-refractivity contribution < 1.29 is 19.0 Å². The Morgan fingerprint density at radius 2 is 1.91 bits per heavy atom. The van der Waals surface area contributed by atoms with Crippen LogP contribution in [0.3, 0.4) is 0 Å². The van der Waals surface area contributed by atoms with Gasteiger partial charge in [0.05, 0.1) is 18.3 Å². The average Bonchev–Trinajstić information content (AvgIpc) is 3.05. The lowest BCUT2D eigenvalue weighted by Gasteiger charge is -2.15. The van der Waals surface area contributed by atoms with Crippen LogP contribution < -0.4 is 16.0 Å². The van der Waals surface area contributed by atoms with Gasteiger partial charge < -0.3 is 15.6 Å². The second-order valence-corrected chi connectivity index (χ2v) is 8.09. The molecule has 0 fully saturated rings. The van der Waals surface area contributed by atoms with Crippen LogP contribution in [0.2, 0.25) is 0 Å². The third-order valence-corrected chi connectivity index (χ3v) is 5.35. The first-order chi connectivity index (χ1) is 16.7. The van der Waals surface area contributed by atoms with Gasteiger partial charge in [-0.15, -0.1) is 0 Å². The highest BCUT2D eigenvalue weighted by molar-refractivity contribution is 5.98. The second-order valence-electron chi connectivity index (χ2n) is 8.09. The third-order valence-electron chi connectivity index (χ3n) is 5.35. The fraction of sp³-hybridized carbons (Fsp3) is 0.200. The number of anilines is 1. The monoisotopic (exact) mass is 477 g/mol. The molecule has 2 aromatic carbocycles. The van der Waals surface area contributed by atoms with Crippen molar-refractivity contribution in [3.63, 3.8) is 0 Å². The zero-order chi connectivity index (χ0) is 25.1. The summed E-state index contributed by atoms with van der Waals surface area (Å²) in [5.74, 6) is -0.991. The Morgan fingerprint density at radius 1 is 1.17 bits per heavy atom. The highest BCUT2D eigenvalue weighted by atomic mass is 19.1. The molecule has 2 heterocycles. The number of nitrogen functional groups attached to an aromatic ring is 1. The molecule has 0 unspecified atom stereocenters. The topological polar surface area (TPSA) is 125 Å². The molecule has 4 aromatic rings. The summed E-state index contributed by atoms with van der Waals surface area (Å²) in [4.78, 5) is 34.1. The van der Waals surface area contributed by atoms with Crippen molar-refractivity contribution in [2.24, 2.45) is 0 Å². The van der Waals surface area contributed by atoms with Gasteiger partial charge >= 0.3 is 0 Å². The van der Waals surface area contributed by atoms with Gasteiger partial charge in [0.25, 0.3) is 5.56 Å². The number of aromatic nitrogens is 4.